The number of carbonyl (C=O) groups excluding carboxylic acids is 2. The Morgan fingerprint density at radius 2 is 2.14 bits per heavy atom. The summed E-state index contributed by atoms with van der Waals surface area (Å²) in [5.74, 6) is 1.93. The first-order chi connectivity index (χ1) is 10.1. The summed E-state index contributed by atoms with van der Waals surface area (Å²) in [6.45, 7) is 1.73. The Hall–Kier alpha value is -2.65. The maximum Gasteiger partial charge on any atom is 0.271 e. The van der Waals surface area contributed by atoms with Gasteiger partial charge in [-0.05, 0) is 17.6 Å². The minimum absolute atomic E-state index is 0.160. The summed E-state index contributed by atoms with van der Waals surface area (Å²) in [5.41, 5.74) is 1.78. The molecule has 1 heterocycles. The van der Waals surface area contributed by atoms with Gasteiger partial charge in [-0.25, -0.2) is 4.98 Å². The predicted molar refractivity (Wildman–Crippen MR) is 82.0 cm³/mol. The minimum atomic E-state index is -0.301. The zero-order valence-corrected chi connectivity index (χ0v) is 12.2. The van der Waals surface area contributed by atoms with E-state index in [1.54, 1.807) is 11.4 Å². The Morgan fingerprint density at radius 1 is 1.38 bits per heavy atom. The number of thiazole rings is 1. The monoisotopic (exact) mass is 299 g/mol. The van der Waals surface area contributed by atoms with Crippen LogP contribution >= 0.6 is 11.3 Å². The number of benzene rings is 1. The number of amides is 2. The van der Waals surface area contributed by atoms with Gasteiger partial charge < -0.3 is 10.6 Å². The molecule has 106 valence electrons. The molecule has 0 saturated carbocycles. The van der Waals surface area contributed by atoms with Crippen molar-refractivity contribution in [2.24, 2.45) is 0 Å². The smallest absolute Gasteiger partial charge is 0.271 e. The lowest BCUT2D eigenvalue weighted by Crippen LogP contribution is -2.24. The van der Waals surface area contributed by atoms with E-state index in [9.17, 15) is 9.59 Å². The molecule has 5 nitrogen and oxygen atoms in total. The maximum absolute atomic E-state index is 12.0. The van der Waals surface area contributed by atoms with Crippen molar-refractivity contribution in [1.29, 1.82) is 0 Å². The van der Waals surface area contributed by atoms with E-state index in [0.717, 1.165) is 5.56 Å². The molecule has 6 heteroatoms. The van der Waals surface area contributed by atoms with Gasteiger partial charge in [-0.1, -0.05) is 18.2 Å². The molecule has 0 unspecified atom stereocenters. The number of nitrogens with zero attached hydrogens (tertiary/aromatic N) is 1. The molecule has 0 saturated heterocycles. The number of nitrogens with one attached hydrogen (secondary N) is 2. The lowest BCUT2D eigenvalue weighted by Gasteiger charge is -2.10. The van der Waals surface area contributed by atoms with Crippen molar-refractivity contribution in [3.05, 3.63) is 45.9 Å². The van der Waals surface area contributed by atoms with Crippen LogP contribution in [0.2, 0.25) is 0 Å². The van der Waals surface area contributed by atoms with Crippen LogP contribution in [0.5, 0.6) is 0 Å². The Kier molecular flexibility index (Phi) is 4.69. The molecule has 0 radical (unpaired) electrons. The molecule has 0 spiro atoms. The molecule has 0 aliphatic rings. The first kappa shape index (κ1) is 14.8. The van der Waals surface area contributed by atoms with Crippen LogP contribution in [-0.2, 0) is 11.3 Å². The largest absolute Gasteiger partial charge is 0.347 e. The van der Waals surface area contributed by atoms with Crippen molar-refractivity contribution in [3.63, 3.8) is 0 Å². The highest BCUT2D eigenvalue weighted by Gasteiger charge is 2.11. The van der Waals surface area contributed by atoms with Crippen molar-refractivity contribution in [2.75, 3.05) is 5.32 Å². The number of hydrogen-bond acceptors (Lipinski definition) is 4. The molecule has 0 atom stereocenters. The fourth-order valence-corrected chi connectivity index (χ4v) is 2.30. The van der Waals surface area contributed by atoms with Crippen LogP contribution in [0, 0.1) is 12.3 Å². The third kappa shape index (κ3) is 3.91. The van der Waals surface area contributed by atoms with E-state index >= 15 is 0 Å². The number of hydrogen-bond donors (Lipinski definition) is 2. The number of rotatable bonds is 4. The summed E-state index contributed by atoms with van der Waals surface area (Å²) in [7, 11) is 0. The fraction of sp³-hybridized carbons (Fsp3) is 0.133. The third-order valence-electron chi connectivity index (χ3n) is 2.63. The van der Waals surface area contributed by atoms with E-state index in [0.29, 0.717) is 16.4 Å². The highest BCUT2D eigenvalue weighted by atomic mass is 32.1. The van der Waals surface area contributed by atoms with Crippen molar-refractivity contribution in [3.8, 4) is 12.3 Å². The second kappa shape index (κ2) is 6.68. The maximum atomic E-state index is 12.0. The number of terminal acetylenes is 1. The normalized spacial score (nSPS) is 9.71. The SMILES string of the molecule is C#Cc1nc(C(=O)NCc2ccccc2NC(C)=O)cs1. The van der Waals surface area contributed by atoms with E-state index < -0.39 is 0 Å². The van der Waals surface area contributed by atoms with Crippen LogP contribution in [-0.4, -0.2) is 16.8 Å². The zero-order valence-electron chi connectivity index (χ0n) is 11.3. The number of aromatic nitrogens is 1. The molecule has 0 fully saturated rings. The van der Waals surface area contributed by atoms with Crippen LogP contribution < -0.4 is 10.6 Å². The average Bonchev–Trinajstić information content (AvgIpc) is 2.94. The molecule has 2 amide bonds. The Balaban J connectivity index is 2.04. The van der Waals surface area contributed by atoms with Crippen molar-refractivity contribution in [2.45, 2.75) is 13.5 Å². The highest BCUT2D eigenvalue weighted by molar-refractivity contribution is 7.10. The summed E-state index contributed by atoms with van der Waals surface area (Å²) in [5, 5.41) is 7.56. The van der Waals surface area contributed by atoms with Gasteiger partial charge in [-0.2, -0.15) is 0 Å². The Bertz CT molecular complexity index is 716. The van der Waals surface area contributed by atoms with E-state index in [2.05, 4.69) is 21.5 Å². The summed E-state index contributed by atoms with van der Waals surface area (Å²) in [6.07, 6.45) is 5.22. The molecule has 0 aliphatic heterocycles. The molecule has 0 aliphatic carbocycles. The van der Waals surface area contributed by atoms with Crippen molar-refractivity contribution < 1.29 is 9.59 Å². The van der Waals surface area contributed by atoms with E-state index in [1.807, 2.05) is 18.2 Å². The van der Waals surface area contributed by atoms with Gasteiger partial charge in [0.1, 0.15) is 5.69 Å². The lowest BCUT2D eigenvalue weighted by molar-refractivity contribution is -0.114. The summed E-state index contributed by atoms with van der Waals surface area (Å²) >= 11 is 1.25. The standard InChI is InChI=1S/C15H13N3O2S/c1-3-14-18-13(9-21-14)15(20)16-8-11-6-4-5-7-12(11)17-10(2)19/h1,4-7,9H,8H2,2H3,(H,16,20)(H,17,19). The zero-order chi connectivity index (χ0) is 15.2. The quantitative estimate of drug-likeness (QED) is 0.848. The lowest BCUT2D eigenvalue weighted by atomic mass is 10.1. The van der Waals surface area contributed by atoms with Gasteiger partial charge in [0.15, 0.2) is 5.01 Å². The van der Waals surface area contributed by atoms with Gasteiger partial charge in [-0.3, -0.25) is 9.59 Å². The second-order valence-corrected chi connectivity index (χ2v) is 5.06. The molecule has 1 aromatic heterocycles. The molecular weight excluding hydrogens is 286 g/mol. The van der Waals surface area contributed by atoms with Gasteiger partial charge in [0.05, 0.1) is 0 Å². The summed E-state index contributed by atoms with van der Waals surface area (Å²) in [6, 6.07) is 7.27. The van der Waals surface area contributed by atoms with Crippen molar-refractivity contribution in [1.82, 2.24) is 10.3 Å². The van der Waals surface area contributed by atoms with Gasteiger partial charge in [0.25, 0.3) is 5.91 Å². The summed E-state index contributed by atoms with van der Waals surface area (Å²) in [4.78, 5) is 27.1. The van der Waals surface area contributed by atoms with Gasteiger partial charge in [0, 0.05) is 24.5 Å². The Labute approximate surface area is 126 Å². The fourth-order valence-electron chi connectivity index (χ4n) is 1.70. The number of carbonyl (C=O) groups is 2. The average molecular weight is 299 g/mol. The van der Waals surface area contributed by atoms with Gasteiger partial charge in [0.2, 0.25) is 5.91 Å². The van der Waals surface area contributed by atoms with Crippen LogP contribution in [0.4, 0.5) is 5.69 Å². The molecule has 21 heavy (non-hydrogen) atoms. The molecular formula is C15H13N3O2S. The molecule has 2 rings (SSSR count). The van der Waals surface area contributed by atoms with Crippen LogP contribution in [0.3, 0.4) is 0 Å². The van der Waals surface area contributed by atoms with Crippen LogP contribution in [0.15, 0.2) is 29.6 Å². The number of anilines is 1. The van der Waals surface area contributed by atoms with Gasteiger partial charge >= 0.3 is 0 Å². The minimum Gasteiger partial charge on any atom is -0.347 e. The Morgan fingerprint density at radius 3 is 2.81 bits per heavy atom. The predicted octanol–water partition coefficient (Wildman–Crippen LogP) is 2.01. The molecule has 2 aromatic rings. The van der Waals surface area contributed by atoms with E-state index in [1.165, 1.54) is 18.3 Å². The van der Waals surface area contributed by atoms with E-state index in [4.69, 9.17) is 6.42 Å². The second-order valence-electron chi connectivity index (χ2n) is 4.20. The molecule has 0 bridgehead atoms. The van der Waals surface area contributed by atoms with Gasteiger partial charge in [-0.15, -0.1) is 17.8 Å². The van der Waals surface area contributed by atoms with E-state index in [-0.39, 0.29) is 18.4 Å². The van der Waals surface area contributed by atoms with Crippen molar-refractivity contribution >= 4 is 28.8 Å². The molecule has 1 aromatic carbocycles. The summed E-state index contributed by atoms with van der Waals surface area (Å²) < 4.78 is 0. The number of para-hydroxylation sites is 1. The highest BCUT2D eigenvalue weighted by Crippen LogP contribution is 2.15. The van der Waals surface area contributed by atoms with Crippen LogP contribution in [0.1, 0.15) is 28.0 Å². The van der Waals surface area contributed by atoms with Crippen LogP contribution in [0.25, 0.3) is 0 Å². The first-order valence-corrected chi connectivity index (χ1v) is 7.04. The molecule has 2 N–H and O–H groups in total. The first-order valence-electron chi connectivity index (χ1n) is 6.16. The topological polar surface area (TPSA) is 71.1 Å². The third-order valence-corrected chi connectivity index (χ3v) is 3.40.